The third-order valence-electron chi connectivity index (χ3n) is 4.21. The monoisotopic (exact) mass is 380 g/mol. The molecule has 28 heavy (non-hydrogen) atoms. The molecule has 1 fully saturated rings. The third kappa shape index (κ3) is 4.26. The van der Waals surface area contributed by atoms with Crippen LogP contribution in [0.25, 0.3) is 0 Å². The maximum absolute atomic E-state index is 12.0. The van der Waals surface area contributed by atoms with Crippen molar-refractivity contribution in [3.63, 3.8) is 0 Å². The second kappa shape index (κ2) is 8.05. The molecule has 1 aliphatic heterocycles. The zero-order valence-electron chi connectivity index (χ0n) is 15.4. The molecule has 0 bridgehead atoms. The van der Waals surface area contributed by atoms with Gasteiger partial charge < -0.3 is 24.8 Å². The molecule has 0 saturated carbocycles. The molecule has 0 unspecified atom stereocenters. The summed E-state index contributed by atoms with van der Waals surface area (Å²) in [6.45, 7) is 4.87. The highest BCUT2D eigenvalue weighted by atomic mass is 16.5. The first-order valence-corrected chi connectivity index (χ1v) is 8.95. The Hall–Kier alpha value is -3.46. The van der Waals surface area contributed by atoms with Crippen molar-refractivity contribution in [2.45, 2.75) is 6.92 Å². The summed E-state index contributed by atoms with van der Waals surface area (Å²) in [7, 11) is 0. The smallest absolute Gasteiger partial charge is 0.294 e. The maximum atomic E-state index is 12.0. The number of ether oxygens (including phenoxy) is 1. The highest BCUT2D eigenvalue weighted by Crippen LogP contribution is 2.21. The highest BCUT2D eigenvalue weighted by Gasteiger charge is 2.15. The summed E-state index contributed by atoms with van der Waals surface area (Å²) < 4.78 is 10.2. The molecule has 1 aromatic carbocycles. The summed E-state index contributed by atoms with van der Waals surface area (Å²) in [6.07, 6.45) is 1.43. The standard InChI is InChI=1S/C19H20N6O3/c1-13-12-17(24-19(21-13)25-8-10-27-11-9-25)22-14-2-4-15(5-3-14)23-18(26)16-6-7-20-28-16/h2-7,12H,8-11H2,1H3,(H,23,26)(H,21,22,24). The van der Waals surface area contributed by atoms with E-state index in [0.29, 0.717) is 30.7 Å². The van der Waals surface area contributed by atoms with E-state index in [1.807, 2.05) is 25.1 Å². The lowest BCUT2D eigenvalue weighted by Crippen LogP contribution is -2.37. The van der Waals surface area contributed by atoms with Crippen LogP contribution < -0.4 is 15.5 Å². The van der Waals surface area contributed by atoms with Crippen LogP contribution in [0.4, 0.5) is 23.1 Å². The molecule has 3 heterocycles. The normalized spacial score (nSPS) is 14.0. The fourth-order valence-corrected chi connectivity index (χ4v) is 2.83. The average Bonchev–Trinajstić information content (AvgIpc) is 3.25. The van der Waals surface area contributed by atoms with Crippen molar-refractivity contribution in [2.24, 2.45) is 0 Å². The van der Waals surface area contributed by atoms with Crippen LogP contribution in [0.3, 0.4) is 0 Å². The average molecular weight is 380 g/mol. The van der Waals surface area contributed by atoms with E-state index in [1.54, 1.807) is 12.1 Å². The number of nitrogens with zero attached hydrogens (tertiary/aromatic N) is 4. The molecule has 4 rings (SSSR count). The van der Waals surface area contributed by atoms with Crippen molar-refractivity contribution in [3.05, 3.63) is 54.0 Å². The second-order valence-electron chi connectivity index (χ2n) is 6.33. The van der Waals surface area contributed by atoms with Crippen molar-refractivity contribution in [1.29, 1.82) is 0 Å². The van der Waals surface area contributed by atoms with Gasteiger partial charge in [-0.15, -0.1) is 0 Å². The van der Waals surface area contributed by atoms with Gasteiger partial charge in [0.1, 0.15) is 5.82 Å². The van der Waals surface area contributed by atoms with Crippen LogP contribution in [0.5, 0.6) is 0 Å². The van der Waals surface area contributed by atoms with E-state index in [0.717, 1.165) is 24.5 Å². The lowest BCUT2D eigenvalue weighted by atomic mass is 10.2. The SMILES string of the molecule is Cc1cc(Nc2ccc(NC(=O)c3ccno3)cc2)nc(N2CCOCC2)n1. The largest absolute Gasteiger partial charge is 0.378 e. The minimum Gasteiger partial charge on any atom is -0.378 e. The van der Waals surface area contributed by atoms with Crippen molar-refractivity contribution in [1.82, 2.24) is 15.1 Å². The number of amides is 1. The van der Waals surface area contributed by atoms with Crippen LogP contribution in [-0.4, -0.2) is 47.3 Å². The Balaban J connectivity index is 1.44. The lowest BCUT2D eigenvalue weighted by molar-refractivity contribution is 0.0988. The number of aromatic nitrogens is 3. The van der Waals surface area contributed by atoms with Gasteiger partial charge in [-0.1, -0.05) is 5.16 Å². The van der Waals surface area contributed by atoms with Gasteiger partial charge in [0.15, 0.2) is 0 Å². The van der Waals surface area contributed by atoms with Crippen LogP contribution in [0.15, 0.2) is 47.1 Å². The molecule has 1 amide bonds. The Morgan fingerprint density at radius 1 is 1.07 bits per heavy atom. The van der Waals surface area contributed by atoms with E-state index in [9.17, 15) is 4.79 Å². The second-order valence-corrected chi connectivity index (χ2v) is 6.33. The van der Waals surface area contributed by atoms with Gasteiger partial charge in [0.05, 0.1) is 19.4 Å². The minimum atomic E-state index is -0.347. The molecule has 0 radical (unpaired) electrons. The van der Waals surface area contributed by atoms with Gasteiger partial charge in [0, 0.05) is 42.3 Å². The minimum absolute atomic E-state index is 0.161. The molecule has 1 aliphatic rings. The third-order valence-corrected chi connectivity index (χ3v) is 4.21. The van der Waals surface area contributed by atoms with E-state index >= 15 is 0 Å². The fourth-order valence-electron chi connectivity index (χ4n) is 2.83. The van der Waals surface area contributed by atoms with E-state index in [2.05, 4.69) is 30.7 Å². The number of carbonyl (C=O) groups excluding carboxylic acids is 1. The Morgan fingerprint density at radius 2 is 1.82 bits per heavy atom. The molecule has 0 aliphatic carbocycles. The molecule has 9 nitrogen and oxygen atoms in total. The van der Waals surface area contributed by atoms with Gasteiger partial charge >= 0.3 is 0 Å². The molecular weight excluding hydrogens is 360 g/mol. The summed E-state index contributed by atoms with van der Waals surface area (Å²) in [5.41, 5.74) is 2.39. The molecule has 1 saturated heterocycles. The molecule has 2 N–H and O–H groups in total. The molecule has 144 valence electrons. The number of rotatable bonds is 5. The van der Waals surface area contributed by atoms with Crippen molar-refractivity contribution in [2.75, 3.05) is 41.8 Å². The Morgan fingerprint density at radius 3 is 2.54 bits per heavy atom. The fraction of sp³-hybridized carbons (Fsp3) is 0.263. The maximum Gasteiger partial charge on any atom is 0.294 e. The van der Waals surface area contributed by atoms with Crippen LogP contribution >= 0.6 is 0 Å². The number of nitrogens with one attached hydrogen (secondary N) is 2. The Kier molecular flexibility index (Phi) is 5.16. The van der Waals surface area contributed by atoms with Gasteiger partial charge in [-0.3, -0.25) is 4.79 Å². The summed E-state index contributed by atoms with van der Waals surface area (Å²) in [6, 6.07) is 10.7. The highest BCUT2D eigenvalue weighted by molar-refractivity contribution is 6.02. The van der Waals surface area contributed by atoms with E-state index < -0.39 is 0 Å². The van der Waals surface area contributed by atoms with Gasteiger partial charge in [-0.05, 0) is 31.2 Å². The van der Waals surface area contributed by atoms with Crippen LogP contribution in [0.1, 0.15) is 16.2 Å². The van der Waals surface area contributed by atoms with Crippen LogP contribution in [0, 0.1) is 6.92 Å². The molecule has 0 spiro atoms. The first-order chi connectivity index (χ1) is 13.7. The van der Waals surface area contributed by atoms with Crippen LogP contribution in [0.2, 0.25) is 0 Å². The van der Waals surface area contributed by atoms with Crippen LogP contribution in [-0.2, 0) is 4.74 Å². The topological polar surface area (TPSA) is 105 Å². The number of carbonyl (C=O) groups is 1. The first-order valence-electron chi connectivity index (χ1n) is 8.95. The van der Waals surface area contributed by atoms with Crippen molar-refractivity contribution >= 4 is 29.0 Å². The predicted octanol–water partition coefficient (Wildman–Crippen LogP) is 2.61. The van der Waals surface area contributed by atoms with Gasteiger partial charge in [-0.25, -0.2) is 4.98 Å². The van der Waals surface area contributed by atoms with Crippen molar-refractivity contribution < 1.29 is 14.1 Å². The van der Waals surface area contributed by atoms with Gasteiger partial charge in [0.25, 0.3) is 5.91 Å². The molecule has 9 heteroatoms. The number of hydrogen-bond acceptors (Lipinski definition) is 8. The summed E-state index contributed by atoms with van der Waals surface area (Å²) >= 11 is 0. The number of morpholine rings is 1. The van der Waals surface area contributed by atoms with Gasteiger partial charge in [0.2, 0.25) is 11.7 Å². The zero-order valence-corrected chi connectivity index (χ0v) is 15.4. The molecular formula is C19H20N6O3. The van der Waals surface area contributed by atoms with Gasteiger partial charge in [-0.2, -0.15) is 4.98 Å². The lowest BCUT2D eigenvalue weighted by Gasteiger charge is -2.27. The summed E-state index contributed by atoms with van der Waals surface area (Å²) in [5.74, 6) is 1.23. The number of anilines is 4. The quantitative estimate of drug-likeness (QED) is 0.696. The summed E-state index contributed by atoms with van der Waals surface area (Å²) in [5, 5.41) is 9.56. The number of benzene rings is 1. The first kappa shape index (κ1) is 17.9. The van der Waals surface area contributed by atoms with E-state index in [-0.39, 0.29) is 11.7 Å². The van der Waals surface area contributed by atoms with E-state index in [4.69, 9.17) is 9.26 Å². The Labute approximate surface area is 161 Å². The van der Waals surface area contributed by atoms with Crippen molar-refractivity contribution in [3.8, 4) is 0 Å². The van der Waals surface area contributed by atoms with E-state index in [1.165, 1.54) is 12.3 Å². The summed E-state index contributed by atoms with van der Waals surface area (Å²) in [4.78, 5) is 23.2. The molecule has 3 aromatic rings. The predicted molar refractivity (Wildman–Crippen MR) is 104 cm³/mol. The number of hydrogen-bond donors (Lipinski definition) is 2. The number of aryl methyl sites for hydroxylation is 1. The zero-order chi connectivity index (χ0) is 19.3. The molecule has 2 aromatic heterocycles. The molecule has 0 atom stereocenters. The Bertz CT molecular complexity index is 937.